The monoisotopic (exact) mass is 361 g/mol. The highest BCUT2D eigenvalue weighted by Crippen LogP contribution is 2.15. The highest BCUT2D eigenvalue weighted by molar-refractivity contribution is 7.80. The highest BCUT2D eigenvalue weighted by Gasteiger charge is 2.32. The van der Waals surface area contributed by atoms with Gasteiger partial charge in [-0.25, -0.2) is 0 Å². The minimum Gasteiger partial charge on any atom is -0.374 e. The molecule has 0 spiro atoms. The molecular formula is C19H22ClN2OS+. The Kier molecular flexibility index (Phi) is 6.88. The molecule has 5 heteroatoms. The molecule has 1 aromatic carbocycles. The molecule has 3 nitrogen and oxygen atoms in total. The summed E-state index contributed by atoms with van der Waals surface area (Å²) in [6.45, 7) is 4.79. The molecule has 0 unspecified atom stereocenters. The Hall–Kier alpha value is -1.78. The van der Waals surface area contributed by atoms with Crippen molar-refractivity contribution in [2.24, 2.45) is 0 Å². The Labute approximate surface area is 153 Å². The second-order valence-electron chi connectivity index (χ2n) is 5.57. The fourth-order valence-corrected chi connectivity index (χ4v) is 3.03. The van der Waals surface area contributed by atoms with Gasteiger partial charge in [0.25, 0.3) is 6.04 Å². The Morgan fingerprint density at radius 3 is 2.33 bits per heavy atom. The third kappa shape index (κ3) is 4.62. The summed E-state index contributed by atoms with van der Waals surface area (Å²) in [6, 6.07) is 10.4. The van der Waals surface area contributed by atoms with Crippen molar-refractivity contribution >= 4 is 34.6 Å². The number of ketones is 1. The van der Waals surface area contributed by atoms with Gasteiger partial charge in [0, 0.05) is 29.3 Å². The summed E-state index contributed by atoms with van der Waals surface area (Å²) >= 11 is 11.4. The number of carbonyl (C=O) groups is 1. The predicted octanol–water partition coefficient (Wildman–Crippen LogP) is 3.94. The van der Waals surface area contributed by atoms with Gasteiger partial charge in [0.05, 0.1) is 0 Å². The van der Waals surface area contributed by atoms with Gasteiger partial charge in [0.15, 0.2) is 17.4 Å². The number of benzene rings is 1. The van der Waals surface area contributed by atoms with Crippen molar-refractivity contribution in [2.45, 2.75) is 32.7 Å². The molecule has 0 amide bonds. The van der Waals surface area contributed by atoms with Crippen LogP contribution in [-0.2, 0) is 6.42 Å². The van der Waals surface area contributed by atoms with E-state index in [0.29, 0.717) is 22.1 Å². The summed E-state index contributed by atoms with van der Waals surface area (Å²) in [5.41, 5.74) is 1.84. The zero-order valence-electron chi connectivity index (χ0n) is 14.0. The summed E-state index contributed by atoms with van der Waals surface area (Å²) < 4.78 is 1.86. The molecule has 0 saturated heterocycles. The number of pyridine rings is 1. The molecule has 126 valence electrons. The van der Waals surface area contributed by atoms with Crippen molar-refractivity contribution in [3.05, 3.63) is 64.9 Å². The maximum Gasteiger partial charge on any atom is 0.270 e. The summed E-state index contributed by atoms with van der Waals surface area (Å²) in [5, 5.41) is 3.72. The second kappa shape index (κ2) is 8.90. The molecule has 0 radical (unpaired) electrons. The zero-order chi connectivity index (χ0) is 17.5. The number of likely N-dealkylation sites (N-methyl/N-ethyl adjacent to an activating group) is 1. The van der Waals surface area contributed by atoms with E-state index >= 15 is 0 Å². The van der Waals surface area contributed by atoms with E-state index in [1.54, 1.807) is 24.3 Å². The Bertz CT molecular complexity index is 698. The van der Waals surface area contributed by atoms with Crippen LogP contribution < -0.4 is 9.88 Å². The normalized spacial score (nSPS) is 11.8. The molecule has 0 saturated carbocycles. The third-order valence-electron chi connectivity index (χ3n) is 3.73. The first kappa shape index (κ1) is 18.6. The molecule has 1 aromatic heterocycles. The number of rotatable bonds is 7. The molecular weight excluding hydrogens is 340 g/mol. The van der Waals surface area contributed by atoms with Crippen molar-refractivity contribution in [3.63, 3.8) is 0 Å². The SMILES string of the molecule is CCCc1cc[n+]([C@@H](C(=O)c2ccc(Cl)cc2)C(=S)NCC)cc1. The molecule has 0 aliphatic carbocycles. The Morgan fingerprint density at radius 1 is 1.17 bits per heavy atom. The van der Waals surface area contributed by atoms with Crippen LogP contribution in [0.1, 0.15) is 42.2 Å². The topological polar surface area (TPSA) is 33.0 Å². The van der Waals surface area contributed by atoms with E-state index in [4.69, 9.17) is 23.8 Å². The van der Waals surface area contributed by atoms with Crippen LogP contribution in [0.2, 0.25) is 5.02 Å². The number of aromatic nitrogens is 1. The molecule has 24 heavy (non-hydrogen) atoms. The number of thiocarbonyl (C=S) groups is 1. The largest absolute Gasteiger partial charge is 0.374 e. The quantitative estimate of drug-likeness (QED) is 0.460. The van der Waals surface area contributed by atoms with Crippen molar-refractivity contribution in [1.82, 2.24) is 5.32 Å². The van der Waals surface area contributed by atoms with Crippen molar-refractivity contribution in [2.75, 3.05) is 6.54 Å². The number of nitrogens with zero attached hydrogens (tertiary/aromatic N) is 1. The zero-order valence-corrected chi connectivity index (χ0v) is 15.5. The summed E-state index contributed by atoms with van der Waals surface area (Å²) in [6.07, 6.45) is 5.96. The minimum absolute atomic E-state index is 0.0501. The van der Waals surface area contributed by atoms with E-state index in [0.717, 1.165) is 12.8 Å². The van der Waals surface area contributed by atoms with Gasteiger partial charge in [-0.2, -0.15) is 4.57 Å². The maximum absolute atomic E-state index is 13.0. The average Bonchev–Trinajstić information content (AvgIpc) is 2.58. The lowest BCUT2D eigenvalue weighted by molar-refractivity contribution is -0.692. The van der Waals surface area contributed by atoms with Gasteiger partial charge >= 0.3 is 0 Å². The van der Waals surface area contributed by atoms with Crippen molar-refractivity contribution in [3.8, 4) is 0 Å². The highest BCUT2D eigenvalue weighted by atomic mass is 35.5. The van der Waals surface area contributed by atoms with E-state index in [-0.39, 0.29) is 5.78 Å². The molecule has 0 aliphatic rings. The van der Waals surface area contributed by atoms with Crippen molar-refractivity contribution < 1.29 is 9.36 Å². The molecule has 1 atom stereocenters. The van der Waals surface area contributed by atoms with E-state index in [1.807, 2.05) is 36.0 Å². The van der Waals surface area contributed by atoms with Crippen LogP contribution in [0.15, 0.2) is 48.8 Å². The van der Waals surface area contributed by atoms with E-state index in [2.05, 4.69) is 12.2 Å². The Morgan fingerprint density at radius 2 is 1.79 bits per heavy atom. The molecule has 2 rings (SSSR count). The van der Waals surface area contributed by atoms with Crippen LogP contribution >= 0.6 is 23.8 Å². The predicted molar refractivity (Wildman–Crippen MR) is 102 cm³/mol. The summed E-state index contributed by atoms with van der Waals surface area (Å²) in [7, 11) is 0. The summed E-state index contributed by atoms with van der Waals surface area (Å²) in [4.78, 5) is 13.5. The standard InChI is InChI=1S/C19H21ClN2OS/c1-3-5-14-10-12-22(13-11-14)17(19(24)21-4-2)18(23)15-6-8-16(20)9-7-15/h6-13,17H,3-5H2,1-2H3/p+1/t17-/m0/s1. The van der Waals surface area contributed by atoms with Gasteiger partial charge in [-0.3, -0.25) is 4.79 Å². The van der Waals surface area contributed by atoms with E-state index < -0.39 is 6.04 Å². The number of halogens is 1. The van der Waals surface area contributed by atoms with Gasteiger partial charge in [-0.1, -0.05) is 37.2 Å². The fourth-order valence-electron chi connectivity index (χ4n) is 2.53. The van der Waals surface area contributed by atoms with Crippen LogP contribution in [-0.4, -0.2) is 17.3 Å². The van der Waals surface area contributed by atoms with Gasteiger partial charge < -0.3 is 5.32 Å². The smallest absolute Gasteiger partial charge is 0.270 e. The van der Waals surface area contributed by atoms with E-state index in [9.17, 15) is 4.79 Å². The first-order valence-electron chi connectivity index (χ1n) is 8.14. The number of nitrogens with one attached hydrogen (secondary N) is 1. The molecule has 1 heterocycles. The molecule has 1 N–H and O–H groups in total. The third-order valence-corrected chi connectivity index (χ3v) is 4.35. The van der Waals surface area contributed by atoms with Crippen molar-refractivity contribution in [1.29, 1.82) is 0 Å². The molecule has 2 aromatic rings. The number of aryl methyl sites for hydroxylation is 1. The first-order chi connectivity index (χ1) is 11.6. The van der Waals surface area contributed by atoms with Crippen LogP contribution in [0.3, 0.4) is 0 Å². The van der Waals surface area contributed by atoms with Gasteiger partial charge in [-0.05, 0) is 43.2 Å². The lowest BCUT2D eigenvalue weighted by atomic mass is 10.0. The fraction of sp³-hybridized carbons (Fsp3) is 0.316. The van der Waals surface area contributed by atoms with E-state index in [1.165, 1.54) is 5.56 Å². The van der Waals surface area contributed by atoms with Gasteiger partial charge in [-0.15, -0.1) is 0 Å². The van der Waals surface area contributed by atoms with Crippen LogP contribution in [0.5, 0.6) is 0 Å². The number of carbonyl (C=O) groups excluding carboxylic acids is 1. The Balaban J connectivity index is 2.35. The molecule has 0 bridgehead atoms. The molecule has 0 fully saturated rings. The second-order valence-corrected chi connectivity index (χ2v) is 6.45. The molecule has 0 aliphatic heterocycles. The first-order valence-corrected chi connectivity index (χ1v) is 8.92. The van der Waals surface area contributed by atoms with Crippen LogP contribution in [0.25, 0.3) is 0 Å². The number of hydrogen-bond acceptors (Lipinski definition) is 2. The lowest BCUT2D eigenvalue weighted by Gasteiger charge is -2.14. The van der Waals surface area contributed by atoms with Crippen LogP contribution in [0, 0.1) is 0 Å². The lowest BCUT2D eigenvalue weighted by Crippen LogP contribution is -2.51. The average molecular weight is 362 g/mol. The minimum atomic E-state index is -0.559. The summed E-state index contributed by atoms with van der Waals surface area (Å²) in [5.74, 6) is -0.0501. The maximum atomic E-state index is 13.0. The number of Topliss-reactive ketones (excluding diaryl/α,β-unsaturated/α-hetero) is 1. The number of hydrogen-bond donors (Lipinski definition) is 1. The van der Waals surface area contributed by atoms with Gasteiger partial charge in [0.2, 0.25) is 5.78 Å². The van der Waals surface area contributed by atoms with Crippen LogP contribution in [0.4, 0.5) is 0 Å². The van der Waals surface area contributed by atoms with Gasteiger partial charge in [0.1, 0.15) is 0 Å².